The number of benzene rings is 1. The Morgan fingerprint density at radius 1 is 1.17 bits per heavy atom. The molecule has 6 heteroatoms. The number of aliphatic hydroxyl groups excluding tert-OH is 1. The summed E-state index contributed by atoms with van der Waals surface area (Å²) in [6, 6.07) is 10.4. The number of aliphatic hydroxyl groups is 1. The topological polar surface area (TPSA) is 63.4 Å². The minimum absolute atomic E-state index is 0.00209. The van der Waals surface area contributed by atoms with E-state index in [2.05, 4.69) is 9.88 Å². The van der Waals surface area contributed by atoms with Gasteiger partial charge in [-0.2, -0.15) is 5.26 Å². The third-order valence-corrected chi connectivity index (χ3v) is 4.24. The second-order valence-corrected chi connectivity index (χ2v) is 5.86. The van der Waals surface area contributed by atoms with Crippen molar-refractivity contribution >= 4 is 5.69 Å². The van der Waals surface area contributed by atoms with Crippen molar-refractivity contribution in [2.24, 2.45) is 0 Å². The highest BCUT2D eigenvalue weighted by Gasteiger charge is 2.20. The fraction of sp³-hybridized carbons (Fsp3) is 0.333. The molecule has 0 saturated carbocycles. The van der Waals surface area contributed by atoms with Gasteiger partial charge in [-0.05, 0) is 29.8 Å². The molecule has 1 N–H and O–H groups in total. The van der Waals surface area contributed by atoms with Crippen LogP contribution in [0.15, 0.2) is 36.5 Å². The number of nitrogens with zero attached hydrogens (tertiary/aromatic N) is 4. The molecule has 1 fully saturated rings. The van der Waals surface area contributed by atoms with E-state index in [1.807, 2.05) is 23.1 Å². The summed E-state index contributed by atoms with van der Waals surface area (Å²) in [6.45, 7) is 3.86. The van der Waals surface area contributed by atoms with Crippen LogP contribution in [-0.4, -0.2) is 41.2 Å². The molecule has 2 aromatic rings. The second kappa shape index (κ2) is 7.39. The maximum Gasteiger partial charge on any atom is 0.147 e. The highest BCUT2D eigenvalue weighted by molar-refractivity contribution is 5.51. The van der Waals surface area contributed by atoms with Crippen molar-refractivity contribution in [3.63, 3.8) is 0 Å². The van der Waals surface area contributed by atoms with Crippen LogP contribution >= 0.6 is 0 Å². The Hall–Kier alpha value is -2.49. The second-order valence-electron chi connectivity index (χ2n) is 5.86. The van der Waals surface area contributed by atoms with E-state index in [1.165, 1.54) is 6.07 Å². The zero-order valence-corrected chi connectivity index (χ0v) is 13.3. The first-order valence-corrected chi connectivity index (χ1v) is 7.91. The van der Waals surface area contributed by atoms with Gasteiger partial charge >= 0.3 is 0 Å². The SMILES string of the molecule is N#Cc1ccc(N2CCN(Cc3ccc(CO)cn3)CC2)c(F)c1. The molecule has 1 saturated heterocycles. The summed E-state index contributed by atoms with van der Waals surface area (Å²) >= 11 is 0. The van der Waals surface area contributed by atoms with E-state index in [1.54, 1.807) is 18.3 Å². The van der Waals surface area contributed by atoms with E-state index < -0.39 is 0 Å². The highest BCUT2D eigenvalue weighted by Crippen LogP contribution is 2.22. The normalized spacial score (nSPS) is 15.3. The Balaban J connectivity index is 1.58. The zero-order chi connectivity index (χ0) is 16.9. The molecule has 0 amide bonds. The molecule has 2 heterocycles. The average Bonchev–Trinajstić information content (AvgIpc) is 2.63. The van der Waals surface area contributed by atoms with Crippen LogP contribution in [-0.2, 0) is 13.2 Å². The lowest BCUT2D eigenvalue weighted by Gasteiger charge is -2.36. The van der Waals surface area contributed by atoms with Gasteiger partial charge in [-0.15, -0.1) is 0 Å². The van der Waals surface area contributed by atoms with Gasteiger partial charge < -0.3 is 10.0 Å². The van der Waals surface area contributed by atoms with Crippen LogP contribution < -0.4 is 4.90 Å². The van der Waals surface area contributed by atoms with Gasteiger partial charge in [-0.25, -0.2) is 4.39 Å². The molecule has 0 spiro atoms. The monoisotopic (exact) mass is 326 g/mol. The summed E-state index contributed by atoms with van der Waals surface area (Å²) in [5.74, 6) is -0.344. The summed E-state index contributed by atoms with van der Waals surface area (Å²) in [6.07, 6.45) is 1.69. The van der Waals surface area contributed by atoms with Gasteiger partial charge in [0.05, 0.1) is 29.6 Å². The fourth-order valence-electron chi connectivity index (χ4n) is 2.85. The number of aromatic nitrogens is 1. The Bertz CT molecular complexity index is 734. The summed E-state index contributed by atoms with van der Waals surface area (Å²) in [4.78, 5) is 8.63. The van der Waals surface area contributed by atoms with E-state index in [0.29, 0.717) is 11.3 Å². The molecule has 1 aliphatic rings. The van der Waals surface area contributed by atoms with E-state index in [0.717, 1.165) is 44.0 Å². The van der Waals surface area contributed by atoms with Crippen LogP contribution in [0.1, 0.15) is 16.8 Å². The van der Waals surface area contributed by atoms with Crippen LogP contribution in [0, 0.1) is 17.1 Å². The Morgan fingerprint density at radius 3 is 2.54 bits per heavy atom. The Kier molecular flexibility index (Phi) is 5.04. The maximum absolute atomic E-state index is 14.1. The molecular formula is C18H19FN4O. The molecule has 3 rings (SSSR count). The van der Waals surface area contributed by atoms with Crippen molar-refractivity contribution in [3.8, 4) is 6.07 Å². The third-order valence-electron chi connectivity index (χ3n) is 4.24. The van der Waals surface area contributed by atoms with Crippen LogP contribution in [0.25, 0.3) is 0 Å². The first-order valence-electron chi connectivity index (χ1n) is 7.91. The third kappa shape index (κ3) is 3.70. The number of hydrogen-bond acceptors (Lipinski definition) is 5. The van der Waals surface area contributed by atoms with Gasteiger partial charge in [0.1, 0.15) is 5.82 Å². The lowest BCUT2D eigenvalue weighted by atomic mass is 10.1. The van der Waals surface area contributed by atoms with Crippen molar-refractivity contribution < 1.29 is 9.50 Å². The number of halogens is 1. The predicted octanol–water partition coefficient (Wildman–Crippen LogP) is 1.91. The molecular weight excluding hydrogens is 307 g/mol. The molecule has 1 aromatic heterocycles. The minimum atomic E-state index is -0.344. The van der Waals surface area contributed by atoms with Crippen LogP contribution in [0.2, 0.25) is 0 Å². The number of hydrogen-bond donors (Lipinski definition) is 1. The lowest BCUT2D eigenvalue weighted by Crippen LogP contribution is -2.46. The first kappa shape index (κ1) is 16.4. The van der Waals surface area contributed by atoms with Gasteiger partial charge in [0.2, 0.25) is 0 Å². The Morgan fingerprint density at radius 2 is 1.96 bits per heavy atom. The molecule has 0 aliphatic carbocycles. The standard InChI is InChI=1S/C18H19FN4O/c19-17-9-14(10-20)2-4-18(17)23-7-5-22(6-8-23)12-16-3-1-15(13-24)11-21-16/h1-4,9,11,24H,5-8,12-13H2. The summed E-state index contributed by atoms with van der Waals surface area (Å²) < 4.78 is 14.1. The van der Waals surface area contributed by atoms with Gasteiger partial charge in [-0.3, -0.25) is 9.88 Å². The fourth-order valence-corrected chi connectivity index (χ4v) is 2.85. The molecule has 0 unspecified atom stereocenters. The molecule has 24 heavy (non-hydrogen) atoms. The predicted molar refractivity (Wildman–Crippen MR) is 88.8 cm³/mol. The summed E-state index contributed by atoms with van der Waals surface area (Å²) in [5, 5.41) is 17.9. The quantitative estimate of drug-likeness (QED) is 0.930. The molecule has 124 valence electrons. The van der Waals surface area contributed by atoms with Crippen molar-refractivity contribution in [3.05, 3.63) is 59.2 Å². The number of pyridine rings is 1. The van der Waals surface area contributed by atoms with E-state index >= 15 is 0 Å². The number of piperazine rings is 1. The maximum atomic E-state index is 14.1. The first-order chi connectivity index (χ1) is 11.7. The van der Waals surface area contributed by atoms with Crippen LogP contribution in [0.4, 0.5) is 10.1 Å². The number of nitriles is 1. The molecule has 1 aromatic carbocycles. The van der Waals surface area contributed by atoms with Gasteiger partial charge in [0.25, 0.3) is 0 Å². The van der Waals surface area contributed by atoms with Gasteiger partial charge in [0, 0.05) is 38.9 Å². The van der Waals surface area contributed by atoms with Crippen LogP contribution in [0.3, 0.4) is 0 Å². The Labute approximate surface area is 140 Å². The van der Waals surface area contributed by atoms with Crippen molar-refractivity contribution in [1.29, 1.82) is 5.26 Å². The van der Waals surface area contributed by atoms with Crippen molar-refractivity contribution in [2.45, 2.75) is 13.2 Å². The minimum Gasteiger partial charge on any atom is -0.392 e. The molecule has 1 aliphatic heterocycles. The van der Waals surface area contributed by atoms with E-state index in [4.69, 9.17) is 10.4 Å². The smallest absolute Gasteiger partial charge is 0.147 e. The van der Waals surface area contributed by atoms with Gasteiger partial charge in [-0.1, -0.05) is 6.07 Å². The van der Waals surface area contributed by atoms with Gasteiger partial charge in [0.15, 0.2) is 0 Å². The van der Waals surface area contributed by atoms with Crippen LogP contribution in [0.5, 0.6) is 0 Å². The van der Waals surface area contributed by atoms with Crippen molar-refractivity contribution in [1.82, 2.24) is 9.88 Å². The molecule has 0 bridgehead atoms. The summed E-state index contributed by atoms with van der Waals surface area (Å²) in [5.41, 5.74) is 2.66. The molecule has 0 radical (unpaired) electrons. The molecule has 0 atom stereocenters. The summed E-state index contributed by atoms with van der Waals surface area (Å²) in [7, 11) is 0. The largest absolute Gasteiger partial charge is 0.392 e. The lowest BCUT2D eigenvalue weighted by molar-refractivity contribution is 0.246. The zero-order valence-electron chi connectivity index (χ0n) is 13.3. The van der Waals surface area contributed by atoms with Crippen molar-refractivity contribution in [2.75, 3.05) is 31.1 Å². The average molecular weight is 326 g/mol. The number of rotatable bonds is 4. The number of anilines is 1. The highest BCUT2D eigenvalue weighted by atomic mass is 19.1. The molecule has 5 nitrogen and oxygen atoms in total. The van der Waals surface area contributed by atoms with E-state index in [9.17, 15) is 4.39 Å². The van der Waals surface area contributed by atoms with E-state index in [-0.39, 0.29) is 12.4 Å².